The van der Waals surface area contributed by atoms with E-state index in [1.54, 1.807) is 43.5 Å². The Morgan fingerprint density at radius 2 is 1.83 bits per heavy atom. The smallest absolute Gasteiger partial charge is 0.295 e. The molecule has 0 aromatic heterocycles. The van der Waals surface area contributed by atoms with E-state index < -0.39 is 17.7 Å². The van der Waals surface area contributed by atoms with Crippen molar-refractivity contribution in [3.8, 4) is 11.5 Å². The summed E-state index contributed by atoms with van der Waals surface area (Å²) in [6, 6.07) is 12.1. The first-order chi connectivity index (χ1) is 14.0. The quantitative estimate of drug-likeness (QED) is 0.323. The molecule has 1 heterocycles. The fourth-order valence-electron chi connectivity index (χ4n) is 3.42. The lowest BCUT2D eigenvalue weighted by Crippen LogP contribution is -2.31. The van der Waals surface area contributed by atoms with Gasteiger partial charge in [0.15, 0.2) is 0 Å². The van der Waals surface area contributed by atoms with Crippen LogP contribution in [0.2, 0.25) is 0 Å². The van der Waals surface area contributed by atoms with E-state index in [-0.39, 0.29) is 17.1 Å². The molecule has 1 amide bonds. The summed E-state index contributed by atoms with van der Waals surface area (Å²) in [6.45, 7) is 0.722. The van der Waals surface area contributed by atoms with Gasteiger partial charge in [-0.15, -0.1) is 0 Å². The first-order valence-corrected chi connectivity index (χ1v) is 9.18. The van der Waals surface area contributed by atoms with Gasteiger partial charge in [-0.2, -0.15) is 0 Å². The second-order valence-electron chi connectivity index (χ2n) is 6.66. The summed E-state index contributed by atoms with van der Waals surface area (Å²) in [5, 5.41) is 20.6. The van der Waals surface area contributed by atoms with E-state index in [4.69, 9.17) is 9.47 Å². The third-order valence-electron chi connectivity index (χ3n) is 4.84. The van der Waals surface area contributed by atoms with Crippen molar-refractivity contribution in [1.82, 2.24) is 4.90 Å². The van der Waals surface area contributed by atoms with Crippen molar-refractivity contribution in [2.24, 2.45) is 0 Å². The lowest BCUT2D eigenvalue weighted by Gasteiger charge is -2.25. The molecule has 7 nitrogen and oxygen atoms in total. The Morgan fingerprint density at radius 3 is 2.48 bits per heavy atom. The van der Waals surface area contributed by atoms with Crippen LogP contribution in [-0.2, 0) is 14.3 Å². The van der Waals surface area contributed by atoms with Crippen LogP contribution in [0.25, 0.3) is 5.76 Å². The third-order valence-corrected chi connectivity index (χ3v) is 4.84. The van der Waals surface area contributed by atoms with Gasteiger partial charge in [-0.3, -0.25) is 9.59 Å². The molecule has 1 saturated heterocycles. The molecule has 0 bridgehead atoms. The van der Waals surface area contributed by atoms with Gasteiger partial charge in [-0.1, -0.05) is 24.3 Å². The van der Waals surface area contributed by atoms with E-state index in [1.807, 2.05) is 0 Å². The maximum absolute atomic E-state index is 12.8. The van der Waals surface area contributed by atoms with Crippen LogP contribution in [0.3, 0.4) is 0 Å². The van der Waals surface area contributed by atoms with Crippen LogP contribution in [0, 0.1) is 0 Å². The summed E-state index contributed by atoms with van der Waals surface area (Å²) >= 11 is 0. The van der Waals surface area contributed by atoms with Crippen molar-refractivity contribution in [3.63, 3.8) is 0 Å². The van der Waals surface area contributed by atoms with Crippen molar-refractivity contribution in [2.75, 3.05) is 27.4 Å². The maximum Gasteiger partial charge on any atom is 0.295 e. The van der Waals surface area contributed by atoms with Crippen LogP contribution in [-0.4, -0.2) is 54.2 Å². The zero-order valence-electron chi connectivity index (χ0n) is 16.3. The second-order valence-corrected chi connectivity index (χ2v) is 6.66. The van der Waals surface area contributed by atoms with E-state index in [9.17, 15) is 19.8 Å². The van der Waals surface area contributed by atoms with Crippen LogP contribution in [0.4, 0.5) is 0 Å². The Hall–Kier alpha value is -3.32. The highest BCUT2D eigenvalue weighted by molar-refractivity contribution is 6.46. The third kappa shape index (κ3) is 4.09. The topological polar surface area (TPSA) is 96.3 Å². The Labute approximate surface area is 168 Å². The Kier molecular flexibility index (Phi) is 6.19. The van der Waals surface area contributed by atoms with Crippen molar-refractivity contribution in [3.05, 3.63) is 65.2 Å². The molecule has 0 aliphatic carbocycles. The molecule has 1 atom stereocenters. The highest BCUT2D eigenvalue weighted by atomic mass is 16.5. The Morgan fingerprint density at radius 1 is 1.10 bits per heavy atom. The number of carbonyl (C=O) groups is 2. The number of carbonyl (C=O) groups excluding carboxylic acids is 2. The number of ketones is 1. The number of aliphatic hydroxyl groups is 1. The highest BCUT2D eigenvalue weighted by Crippen LogP contribution is 2.40. The number of likely N-dealkylation sites (tertiary alicyclic amines) is 1. The summed E-state index contributed by atoms with van der Waals surface area (Å²) < 4.78 is 10.2. The average Bonchev–Trinajstić information content (AvgIpc) is 2.99. The van der Waals surface area contributed by atoms with Crippen LogP contribution < -0.4 is 4.74 Å². The Bertz CT molecular complexity index is 935. The van der Waals surface area contributed by atoms with Crippen LogP contribution in [0.15, 0.2) is 54.1 Å². The molecule has 0 saturated carbocycles. The minimum Gasteiger partial charge on any atom is -0.508 e. The maximum atomic E-state index is 12.8. The summed E-state index contributed by atoms with van der Waals surface area (Å²) in [6.07, 6.45) is 0.539. The summed E-state index contributed by atoms with van der Waals surface area (Å²) in [7, 11) is 3.07. The number of amides is 1. The molecule has 0 radical (unpaired) electrons. The van der Waals surface area contributed by atoms with Crippen molar-refractivity contribution in [1.29, 1.82) is 0 Å². The number of hydrogen-bond acceptors (Lipinski definition) is 6. The van der Waals surface area contributed by atoms with Gasteiger partial charge in [0, 0.05) is 25.8 Å². The molecule has 2 N–H and O–H groups in total. The van der Waals surface area contributed by atoms with Crippen LogP contribution >= 0.6 is 0 Å². The molecule has 1 unspecified atom stereocenters. The Balaban J connectivity index is 2.12. The number of Topliss-reactive ketones (excluding diaryl/α,β-unsaturated/α-hetero) is 1. The predicted octanol–water partition coefficient (Wildman–Crippen LogP) is 2.86. The van der Waals surface area contributed by atoms with Gasteiger partial charge in [0.1, 0.15) is 17.3 Å². The van der Waals surface area contributed by atoms with Crippen LogP contribution in [0.1, 0.15) is 23.6 Å². The van der Waals surface area contributed by atoms with Gasteiger partial charge >= 0.3 is 0 Å². The zero-order chi connectivity index (χ0) is 21.0. The van der Waals surface area contributed by atoms with Gasteiger partial charge in [0.2, 0.25) is 0 Å². The van der Waals surface area contributed by atoms with E-state index in [1.165, 1.54) is 24.1 Å². The summed E-state index contributed by atoms with van der Waals surface area (Å²) in [5.41, 5.74) is 0.998. The molecule has 2 aromatic rings. The standard InChI is InChI=1S/C22H23NO6/c1-28-12-4-11-23-19(14-7-9-16(24)10-8-14)18(21(26)22(23)27)20(25)15-5-3-6-17(13-15)29-2/h3,5-10,13,19,24-25H,4,11-12H2,1-2H3/b20-18-. The van der Waals surface area contributed by atoms with E-state index in [2.05, 4.69) is 0 Å². The number of aromatic hydroxyl groups is 1. The van der Waals surface area contributed by atoms with Gasteiger partial charge < -0.3 is 24.6 Å². The molecule has 3 rings (SSSR count). The lowest BCUT2D eigenvalue weighted by atomic mass is 9.95. The average molecular weight is 397 g/mol. The van der Waals surface area contributed by atoms with Crippen molar-refractivity contribution in [2.45, 2.75) is 12.5 Å². The van der Waals surface area contributed by atoms with Gasteiger partial charge in [-0.05, 0) is 36.2 Å². The number of hydrogen-bond donors (Lipinski definition) is 2. The molecule has 7 heteroatoms. The van der Waals surface area contributed by atoms with Gasteiger partial charge in [0.05, 0.1) is 18.7 Å². The number of phenolic OH excluding ortho intramolecular Hbond substituents is 1. The molecular formula is C22H23NO6. The molecule has 152 valence electrons. The second kappa shape index (κ2) is 8.79. The summed E-state index contributed by atoms with van der Waals surface area (Å²) in [4.78, 5) is 27.0. The molecule has 0 spiro atoms. The molecule has 29 heavy (non-hydrogen) atoms. The van der Waals surface area contributed by atoms with Crippen molar-refractivity contribution < 1.29 is 29.3 Å². The van der Waals surface area contributed by atoms with E-state index in [0.717, 1.165) is 0 Å². The number of ether oxygens (including phenoxy) is 2. The molecular weight excluding hydrogens is 374 g/mol. The largest absolute Gasteiger partial charge is 0.508 e. The van der Waals surface area contributed by atoms with Gasteiger partial charge in [0.25, 0.3) is 11.7 Å². The normalized spacial score (nSPS) is 18.3. The van der Waals surface area contributed by atoms with Crippen LogP contribution in [0.5, 0.6) is 11.5 Å². The first kappa shape index (κ1) is 20.4. The summed E-state index contributed by atoms with van der Waals surface area (Å²) in [5.74, 6) is -1.11. The monoisotopic (exact) mass is 397 g/mol. The number of phenols is 1. The fourth-order valence-corrected chi connectivity index (χ4v) is 3.42. The zero-order valence-corrected chi connectivity index (χ0v) is 16.3. The molecule has 1 fully saturated rings. The van der Waals surface area contributed by atoms with E-state index >= 15 is 0 Å². The van der Waals surface area contributed by atoms with Crippen molar-refractivity contribution >= 4 is 17.4 Å². The minimum absolute atomic E-state index is 0.00589. The molecule has 2 aromatic carbocycles. The number of nitrogens with zero attached hydrogens (tertiary/aromatic N) is 1. The molecule has 1 aliphatic rings. The number of aliphatic hydroxyl groups excluding tert-OH is 1. The van der Waals surface area contributed by atoms with Gasteiger partial charge in [-0.25, -0.2) is 0 Å². The number of rotatable bonds is 7. The fraction of sp³-hybridized carbons (Fsp3) is 0.273. The van der Waals surface area contributed by atoms with E-state index in [0.29, 0.717) is 36.4 Å². The number of methoxy groups -OCH3 is 2. The lowest BCUT2D eigenvalue weighted by molar-refractivity contribution is -0.140. The molecule has 1 aliphatic heterocycles. The SMILES string of the molecule is COCCCN1C(=O)C(=O)/C(=C(\O)c2cccc(OC)c2)C1c1ccc(O)cc1. The predicted molar refractivity (Wildman–Crippen MR) is 107 cm³/mol. The minimum atomic E-state index is -0.765. The first-order valence-electron chi connectivity index (χ1n) is 9.18. The highest BCUT2D eigenvalue weighted by Gasteiger charge is 2.45. The number of benzene rings is 2.